The number of rotatable bonds is 12. The van der Waals surface area contributed by atoms with Crippen LogP contribution in [0.2, 0.25) is 0 Å². The number of carbonyl (C=O) groups is 2. The maximum Gasteiger partial charge on any atom is 0.337 e. The van der Waals surface area contributed by atoms with Crippen LogP contribution in [0.25, 0.3) is 0 Å². The number of allylic oxidation sites excluding steroid dienone is 1. The summed E-state index contributed by atoms with van der Waals surface area (Å²) in [4.78, 5) is 24.6. The number of hydrogen-bond donors (Lipinski definition) is 5. The minimum Gasteiger partial charge on any atom is -0.507 e. The predicted molar refractivity (Wildman–Crippen MR) is 158 cm³/mol. The summed E-state index contributed by atoms with van der Waals surface area (Å²) in [5, 5.41) is 38.2. The number of esters is 1. The van der Waals surface area contributed by atoms with Gasteiger partial charge in [0.25, 0.3) is 0 Å². The molecule has 0 saturated carbocycles. The summed E-state index contributed by atoms with van der Waals surface area (Å²) in [5.74, 6) is 0.0586. The molecule has 0 radical (unpaired) electrons. The van der Waals surface area contributed by atoms with Gasteiger partial charge in [0, 0.05) is 11.3 Å². The van der Waals surface area contributed by atoms with E-state index in [1.807, 2.05) is 30.3 Å². The molecule has 5 N–H and O–H groups in total. The summed E-state index contributed by atoms with van der Waals surface area (Å²) in [7, 11) is 1.26. The number of phenols is 1. The number of phenolic OH excluding ortho intramolecular Hbond substituents is 1. The highest BCUT2D eigenvalue weighted by molar-refractivity contribution is 5.95. The molecule has 1 aliphatic heterocycles. The number of ether oxygens (including phenoxy) is 3. The fourth-order valence-electron chi connectivity index (χ4n) is 4.13. The van der Waals surface area contributed by atoms with Crippen molar-refractivity contribution in [3.63, 3.8) is 0 Å². The Bertz CT molecular complexity index is 1540. The van der Waals surface area contributed by atoms with Crippen molar-refractivity contribution in [2.24, 2.45) is 15.3 Å². The first-order valence-corrected chi connectivity index (χ1v) is 13.3. The number of carbonyl (C=O) groups excluding carboxylic acids is 2. The summed E-state index contributed by atoms with van der Waals surface area (Å²) in [6.07, 6.45) is 0.121. The van der Waals surface area contributed by atoms with Gasteiger partial charge in [-0.25, -0.2) is 9.59 Å². The zero-order valence-electron chi connectivity index (χ0n) is 23.8. The molecule has 1 heterocycles. The van der Waals surface area contributed by atoms with Crippen LogP contribution in [0, 0.1) is 0 Å². The number of hydrazone groups is 1. The van der Waals surface area contributed by atoms with Crippen LogP contribution in [0.1, 0.15) is 31.0 Å². The Morgan fingerprint density at radius 2 is 1.81 bits per heavy atom. The van der Waals surface area contributed by atoms with Crippen LogP contribution in [-0.2, 0) is 9.53 Å². The minimum absolute atomic E-state index is 0.0262. The van der Waals surface area contributed by atoms with Crippen molar-refractivity contribution < 1.29 is 34.0 Å². The average molecular weight is 589 g/mol. The van der Waals surface area contributed by atoms with Gasteiger partial charge in [0.05, 0.1) is 42.9 Å². The highest BCUT2D eigenvalue weighted by Crippen LogP contribution is 2.35. The Labute approximate surface area is 247 Å². The van der Waals surface area contributed by atoms with Gasteiger partial charge in [-0.1, -0.05) is 24.3 Å². The lowest BCUT2D eigenvalue weighted by atomic mass is 9.95. The quantitative estimate of drug-likeness (QED) is 0.0683. The standard InChI is InChI=1S/C30H32N6O7/c1-4-42-25-15-19(28-27(29(39)41-3)18(2)32-30(40)33-28)10-13-24(25)43-17-26(38)36-31-16-20-14-22(11-12-23(20)37)35-34-21-8-6-5-7-9-21/h5-16,26,28,36-38H,4,17H2,1-3H3,(H2,32,33,40)/b31-16-,35-34?/t26-,28+/m0/s1. The molecular formula is C30H32N6O7. The number of urea groups is 1. The zero-order valence-corrected chi connectivity index (χ0v) is 23.8. The number of aliphatic hydroxyl groups excluding tert-OH is 1. The van der Waals surface area contributed by atoms with Gasteiger partial charge >= 0.3 is 12.0 Å². The van der Waals surface area contributed by atoms with Crippen molar-refractivity contribution in [2.75, 3.05) is 20.3 Å². The van der Waals surface area contributed by atoms with Crippen LogP contribution in [0.5, 0.6) is 17.2 Å². The third-order valence-corrected chi connectivity index (χ3v) is 6.15. The largest absolute Gasteiger partial charge is 0.507 e. The highest BCUT2D eigenvalue weighted by Gasteiger charge is 2.32. The number of aromatic hydroxyl groups is 1. The molecule has 2 amide bonds. The van der Waals surface area contributed by atoms with Crippen molar-refractivity contribution in [2.45, 2.75) is 26.1 Å². The Morgan fingerprint density at radius 3 is 2.56 bits per heavy atom. The zero-order chi connectivity index (χ0) is 30.8. The van der Waals surface area contributed by atoms with Gasteiger partial charge in [-0.3, -0.25) is 5.43 Å². The Hall–Kier alpha value is -5.43. The lowest BCUT2D eigenvalue weighted by Crippen LogP contribution is -2.45. The third-order valence-electron chi connectivity index (χ3n) is 6.15. The smallest absolute Gasteiger partial charge is 0.337 e. The molecule has 0 saturated heterocycles. The number of methoxy groups -OCH3 is 1. The van der Waals surface area contributed by atoms with E-state index < -0.39 is 24.3 Å². The van der Waals surface area contributed by atoms with Crippen molar-refractivity contribution in [1.82, 2.24) is 16.1 Å². The second-order valence-corrected chi connectivity index (χ2v) is 9.19. The van der Waals surface area contributed by atoms with E-state index in [1.54, 1.807) is 44.2 Å². The fraction of sp³-hybridized carbons (Fsp3) is 0.233. The number of amides is 2. The first kappa shape index (κ1) is 30.5. The van der Waals surface area contributed by atoms with E-state index in [-0.39, 0.29) is 17.9 Å². The number of hydrogen-bond acceptors (Lipinski definition) is 11. The molecule has 3 aromatic rings. The molecule has 1 aliphatic rings. The van der Waals surface area contributed by atoms with Crippen LogP contribution < -0.4 is 25.5 Å². The summed E-state index contributed by atoms with van der Waals surface area (Å²) < 4.78 is 16.4. The van der Waals surface area contributed by atoms with Gasteiger partial charge in [-0.05, 0) is 61.9 Å². The van der Waals surface area contributed by atoms with Gasteiger partial charge < -0.3 is 35.1 Å². The molecule has 0 fully saturated rings. The van der Waals surface area contributed by atoms with Gasteiger partial charge in [0.2, 0.25) is 0 Å². The maximum atomic E-state index is 12.4. The fourth-order valence-corrected chi connectivity index (χ4v) is 4.13. The molecule has 13 heteroatoms. The summed E-state index contributed by atoms with van der Waals surface area (Å²) in [5.41, 5.74) is 5.30. The number of nitrogens with one attached hydrogen (secondary N) is 3. The molecule has 0 aromatic heterocycles. The lowest BCUT2D eigenvalue weighted by molar-refractivity contribution is -0.136. The van der Waals surface area contributed by atoms with E-state index >= 15 is 0 Å². The third kappa shape index (κ3) is 8.07. The Kier molecular flexibility index (Phi) is 10.3. The van der Waals surface area contributed by atoms with Crippen LogP contribution in [0.15, 0.2) is 93.3 Å². The van der Waals surface area contributed by atoms with E-state index in [0.29, 0.717) is 46.3 Å². The van der Waals surface area contributed by atoms with E-state index in [2.05, 4.69) is 31.4 Å². The number of azo groups is 1. The Morgan fingerprint density at radius 1 is 1.05 bits per heavy atom. The van der Waals surface area contributed by atoms with E-state index in [1.165, 1.54) is 19.4 Å². The summed E-state index contributed by atoms with van der Waals surface area (Å²) in [6, 6.07) is 17.6. The minimum atomic E-state index is -1.21. The molecular weight excluding hydrogens is 556 g/mol. The normalized spacial score (nSPS) is 15.6. The first-order valence-electron chi connectivity index (χ1n) is 13.3. The van der Waals surface area contributed by atoms with Crippen LogP contribution >= 0.6 is 0 Å². The average Bonchev–Trinajstić information content (AvgIpc) is 3.00. The van der Waals surface area contributed by atoms with Gasteiger partial charge in [-0.2, -0.15) is 15.3 Å². The lowest BCUT2D eigenvalue weighted by Gasteiger charge is -2.28. The molecule has 3 aromatic carbocycles. The second-order valence-electron chi connectivity index (χ2n) is 9.19. The highest BCUT2D eigenvalue weighted by atomic mass is 16.5. The number of nitrogens with zero attached hydrogens (tertiary/aromatic N) is 3. The SMILES string of the molecule is CCOc1cc([C@H]2NC(=O)NC(C)=C2C(=O)OC)ccc1OC[C@H](O)N/N=C\c1cc(N=Nc2ccccc2)ccc1O. The van der Waals surface area contributed by atoms with Crippen molar-refractivity contribution in [3.05, 3.63) is 89.1 Å². The van der Waals surface area contributed by atoms with Gasteiger partial charge in [-0.15, -0.1) is 0 Å². The predicted octanol–water partition coefficient (Wildman–Crippen LogP) is 4.33. The molecule has 0 bridgehead atoms. The Balaban J connectivity index is 1.40. The molecule has 224 valence electrons. The first-order chi connectivity index (χ1) is 20.8. The maximum absolute atomic E-state index is 12.4. The second kappa shape index (κ2) is 14.5. The van der Waals surface area contributed by atoms with Gasteiger partial charge in [0.15, 0.2) is 17.7 Å². The van der Waals surface area contributed by atoms with Crippen LogP contribution in [-0.4, -0.2) is 55.0 Å². The molecule has 13 nitrogen and oxygen atoms in total. The molecule has 4 rings (SSSR count). The molecule has 0 spiro atoms. The monoisotopic (exact) mass is 588 g/mol. The van der Waals surface area contributed by atoms with E-state index in [0.717, 1.165) is 0 Å². The van der Waals surface area contributed by atoms with Crippen LogP contribution in [0.4, 0.5) is 16.2 Å². The number of benzene rings is 3. The molecule has 43 heavy (non-hydrogen) atoms. The van der Waals surface area contributed by atoms with E-state index in [4.69, 9.17) is 14.2 Å². The van der Waals surface area contributed by atoms with Crippen molar-refractivity contribution in [1.29, 1.82) is 0 Å². The van der Waals surface area contributed by atoms with Gasteiger partial charge in [0.1, 0.15) is 12.4 Å². The molecule has 2 atom stereocenters. The van der Waals surface area contributed by atoms with Crippen molar-refractivity contribution in [3.8, 4) is 17.2 Å². The summed E-state index contributed by atoms with van der Waals surface area (Å²) in [6.45, 7) is 3.52. The molecule has 0 unspecified atom stereocenters. The van der Waals surface area contributed by atoms with E-state index in [9.17, 15) is 19.8 Å². The molecule has 0 aliphatic carbocycles. The van der Waals surface area contributed by atoms with Crippen LogP contribution in [0.3, 0.4) is 0 Å². The number of aliphatic hydroxyl groups is 1. The topological polar surface area (TPSA) is 175 Å². The van der Waals surface area contributed by atoms with Crippen molar-refractivity contribution >= 4 is 29.6 Å². The summed E-state index contributed by atoms with van der Waals surface area (Å²) >= 11 is 0.